The molecule has 4 aromatic rings. The summed E-state index contributed by atoms with van der Waals surface area (Å²) in [6, 6.07) is 13.2. The number of aromatic nitrogens is 4. The lowest BCUT2D eigenvalue weighted by atomic mass is 9.97. The largest absolute Gasteiger partial charge is 0.453 e. The molecule has 0 aliphatic carbocycles. The highest BCUT2D eigenvalue weighted by molar-refractivity contribution is 5.88. The van der Waals surface area contributed by atoms with Crippen LogP contribution in [-0.2, 0) is 19.1 Å². The van der Waals surface area contributed by atoms with E-state index in [0.29, 0.717) is 31.2 Å². The summed E-state index contributed by atoms with van der Waals surface area (Å²) in [4.78, 5) is 70.3. The molecule has 2 saturated heterocycles. The zero-order valence-corrected chi connectivity index (χ0v) is 33.1. The number of hydrogen-bond donors (Lipinski definition) is 5. The third-order valence-corrected chi connectivity index (χ3v) is 10.4. The van der Waals surface area contributed by atoms with Crippen LogP contribution in [0.1, 0.15) is 88.2 Å². The number of rotatable bonds is 10. The number of benzene rings is 2. The van der Waals surface area contributed by atoms with Gasteiger partial charge in [-0.05, 0) is 80.8 Å². The van der Waals surface area contributed by atoms with Crippen LogP contribution in [0.25, 0.3) is 22.5 Å². The van der Waals surface area contributed by atoms with E-state index in [1.165, 1.54) is 28.1 Å². The number of nitrogens with one attached hydrogen (secondary N) is 4. The molecule has 2 aromatic carbocycles. The van der Waals surface area contributed by atoms with Crippen molar-refractivity contribution >= 4 is 24.0 Å². The predicted molar refractivity (Wildman–Crippen MR) is 211 cm³/mol. The van der Waals surface area contributed by atoms with Gasteiger partial charge in [-0.15, -0.1) is 0 Å². The molecule has 4 heterocycles. The quantitative estimate of drug-likeness (QED) is 0.137. The lowest BCUT2D eigenvalue weighted by Gasteiger charge is -2.34. The van der Waals surface area contributed by atoms with Crippen LogP contribution in [0.3, 0.4) is 0 Å². The van der Waals surface area contributed by atoms with Crippen molar-refractivity contribution in [1.29, 1.82) is 0 Å². The summed E-state index contributed by atoms with van der Waals surface area (Å²) in [6.45, 7) is 7.78. The first-order valence-electron chi connectivity index (χ1n) is 19.1. The summed E-state index contributed by atoms with van der Waals surface area (Å²) in [7, 11) is 2.49. The molecule has 4 atom stereocenters. The minimum Gasteiger partial charge on any atom is -0.453 e. The van der Waals surface area contributed by atoms with E-state index in [2.05, 4.69) is 47.1 Å². The van der Waals surface area contributed by atoms with Gasteiger partial charge in [0.05, 0.1) is 55.7 Å². The standard InChI is InChI=1S/C42H50N8O7/c1-25(2)34(47-40(53)56-5)38(51)49-21-7-9-32(49)36-43-23-30(45-36)28-17-13-26(14-18-28)11-12-27-15-19-29(20-16-27)31-24-44-37(46-31)33-10-8-22-50(33)39(52)35(42(3,4)55)48-41(54)57-6/h13-20,23-25,32-35,55H,7-10,21-22H2,1-6H3,(H,43,45)(H,44,46)(H,47,53)(H,48,54). The van der Waals surface area contributed by atoms with E-state index in [1.807, 2.05) is 62.4 Å². The molecule has 5 N–H and O–H groups in total. The zero-order valence-electron chi connectivity index (χ0n) is 33.1. The van der Waals surface area contributed by atoms with Crippen molar-refractivity contribution in [2.24, 2.45) is 5.92 Å². The molecule has 4 amide bonds. The molecule has 15 nitrogen and oxygen atoms in total. The van der Waals surface area contributed by atoms with Gasteiger partial charge in [0.2, 0.25) is 11.8 Å². The highest BCUT2D eigenvalue weighted by Crippen LogP contribution is 2.34. The maximum absolute atomic E-state index is 13.5. The molecular weight excluding hydrogens is 729 g/mol. The van der Waals surface area contributed by atoms with Crippen LogP contribution in [0.2, 0.25) is 0 Å². The first-order valence-corrected chi connectivity index (χ1v) is 19.1. The van der Waals surface area contributed by atoms with Crippen LogP contribution < -0.4 is 10.6 Å². The van der Waals surface area contributed by atoms with Crippen molar-refractivity contribution in [2.45, 2.75) is 83.1 Å². The van der Waals surface area contributed by atoms with Gasteiger partial charge in [0, 0.05) is 24.2 Å². The molecule has 0 saturated carbocycles. The molecule has 15 heteroatoms. The van der Waals surface area contributed by atoms with Crippen molar-refractivity contribution in [3.05, 3.63) is 83.7 Å². The van der Waals surface area contributed by atoms with E-state index < -0.39 is 35.8 Å². The van der Waals surface area contributed by atoms with Crippen LogP contribution in [-0.4, -0.2) is 104 Å². The molecule has 0 bridgehead atoms. The zero-order chi connectivity index (χ0) is 40.9. The molecule has 300 valence electrons. The Labute approximate surface area is 331 Å². The van der Waals surface area contributed by atoms with Crippen molar-refractivity contribution in [3.63, 3.8) is 0 Å². The molecule has 0 radical (unpaired) electrons. The Bertz CT molecular complexity index is 2120. The lowest BCUT2D eigenvalue weighted by Crippen LogP contribution is -2.58. The number of alkyl carbamates (subject to hydrolysis) is 2. The van der Waals surface area contributed by atoms with E-state index in [4.69, 9.17) is 4.74 Å². The number of aromatic amines is 2. The summed E-state index contributed by atoms with van der Waals surface area (Å²) >= 11 is 0. The Morgan fingerprint density at radius 2 is 1.19 bits per heavy atom. The lowest BCUT2D eigenvalue weighted by molar-refractivity contribution is -0.140. The average Bonchev–Trinajstić information content (AvgIpc) is 4.04. The summed E-state index contributed by atoms with van der Waals surface area (Å²) < 4.78 is 9.42. The van der Waals surface area contributed by atoms with E-state index in [-0.39, 0.29) is 23.9 Å². The number of aliphatic hydroxyl groups is 1. The van der Waals surface area contributed by atoms with Crippen molar-refractivity contribution in [2.75, 3.05) is 27.3 Å². The van der Waals surface area contributed by atoms with E-state index in [0.717, 1.165) is 52.9 Å². The average molecular weight is 779 g/mol. The van der Waals surface area contributed by atoms with Crippen LogP contribution in [0, 0.1) is 17.8 Å². The molecule has 2 aromatic heterocycles. The van der Waals surface area contributed by atoms with Crippen LogP contribution in [0.5, 0.6) is 0 Å². The van der Waals surface area contributed by atoms with Gasteiger partial charge in [0.15, 0.2) is 0 Å². The molecule has 57 heavy (non-hydrogen) atoms. The predicted octanol–water partition coefficient (Wildman–Crippen LogP) is 5.07. The smallest absolute Gasteiger partial charge is 0.407 e. The highest BCUT2D eigenvalue weighted by Gasteiger charge is 2.42. The topological polar surface area (TPSA) is 195 Å². The Morgan fingerprint density at radius 1 is 0.754 bits per heavy atom. The number of hydrogen-bond acceptors (Lipinski definition) is 9. The highest BCUT2D eigenvalue weighted by atomic mass is 16.5. The van der Waals surface area contributed by atoms with Crippen molar-refractivity contribution in [3.8, 4) is 34.4 Å². The summed E-state index contributed by atoms with van der Waals surface area (Å²) in [5.74, 6) is 7.11. The number of amides is 4. The molecule has 6 rings (SSSR count). The first kappa shape index (κ1) is 40.5. The number of carbonyl (C=O) groups excluding carboxylic acids is 4. The van der Waals surface area contributed by atoms with Crippen LogP contribution in [0.15, 0.2) is 60.9 Å². The second kappa shape index (κ2) is 17.3. The van der Waals surface area contributed by atoms with Gasteiger partial charge in [-0.3, -0.25) is 9.59 Å². The number of likely N-dealkylation sites (tertiary alicyclic amines) is 2. The van der Waals surface area contributed by atoms with Gasteiger partial charge in [0.1, 0.15) is 23.7 Å². The second-order valence-corrected chi connectivity index (χ2v) is 15.2. The van der Waals surface area contributed by atoms with E-state index in [9.17, 15) is 24.3 Å². The first-order chi connectivity index (χ1) is 27.3. The van der Waals surface area contributed by atoms with Gasteiger partial charge in [-0.25, -0.2) is 19.6 Å². The third kappa shape index (κ3) is 9.29. The van der Waals surface area contributed by atoms with Gasteiger partial charge in [-0.1, -0.05) is 50.0 Å². The maximum Gasteiger partial charge on any atom is 0.407 e. The Hall–Kier alpha value is -6.14. The molecular formula is C42H50N8O7. The van der Waals surface area contributed by atoms with Gasteiger partial charge >= 0.3 is 12.2 Å². The Kier molecular flexibility index (Phi) is 12.3. The SMILES string of the molecule is COC(=O)NC(C(=O)N1CCCC1c1ncc(-c2ccc(C#Cc3ccc(-c4cnc(C5CCCN5C(=O)C(NC(=O)OC)C(C)(C)O)[nH]4)cc3)cc2)[nH]1)C(C)C. The minimum absolute atomic E-state index is 0.113. The third-order valence-electron chi connectivity index (χ3n) is 10.4. The van der Waals surface area contributed by atoms with Gasteiger partial charge in [-0.2, -0.15) is 0 Å². The summed E-state index contributed by atoms with van der Waals surface area (Å²) in [5.41, 5.74) is 3.62. The number of carbonyl (C=O) groups is 4. The fourth-order valence-corrected chi connectivity index (χ4v) is 7.31. The molecule has 2 fully saturated rings. The van der Waals surface area contributed by atoms with Crippen LogP contribution in [0.4, 0.5) is 9.59 Å². The minimum atomic E-state index is -1.51. The van der Waals surface area contributed by atoms with Gasteiger partial charge < -0.3 is 45.0 Å². The van der Waals surface area contributed by atoms with E-state index in [1.54, 1.807) is 22.2 Å². The Balaban J connectivity index is 1.08. The number of imidazole rings is 2. The van der Waals surface area contributed by atoms with E-state index >= 15 is 0 Å². The fraction of sp³-hybridized carbons (Fsp3) is 0.429. The molecule has 2 aliphatic rings. The summed E-state index contributed by atoms with van der Waals surface area (Å²) in [5, 5.41) is 15.8. The van der Waals surface area contributed by atoms with Gasteiger partial charge in [0.25, 0.3) is 0 Å². The normalized spacial score (nSPS) is 17.8. The molecule has 0 spiro atoms. The monoisotopic (exact) mass is 778 g/mol. The van der Waals surface area contributed by atoms with Crippen molar-refractivity contribution in [1.82, 2.24) is 40.4 Å². The number of nitrogens with zero attached hydrogens (tertiary/aromatic N) is 4. The second-order valence-electron chi connectivity index (χ2n) is 15.2. The van der Waals surface area contributed by atoms with Crippen LogP contribution >= 0.6 is 0 Å². The number of methoxy groups -OCH3 is 2. The Morgan fingerprint density at radius 3 is 1.61 bits per heavy atom. The number of ether oxygens (including phenoxy) is 2. The molecule has 2 aliphatic heterocycles. The fourth-order valence-electron chi connectivity index (χ4n) is 7.31. The molecule has 4 unspecified atom stereocenters. The van der Waals surface area contributed by atoms with Crippen molar-refractivity contribution < 1.29 is 33.8 Å². The number of H-pyrrole nitrogens is 2. The maximum atomic E-state index is 13.5. The summed E-state index contributed by atoms with van der Waals surface area (Å²) in [6.07, 6.45) is 5.13.